The number of hydrogen-bond donors (Lipinski definition) is 1. The van der Waals surface area contributed by atoms with E-state index in [2.05, 4.69) is 25.9 Å². The summed E-state index contributed by atoms with van der Waals surface area (Å²) in [6, 6.07) is 4.74. The summed E-state index contributed by atoms with van der Waals surface area (Å²) >= 11 is 9.06. The van der Waals surface area contributed by atoms with E-state index in [1.54, 1.807) is 18.2 Å². The predicted octanol–water partition coefficient (Wildman–Crippen LogP) is 3.48. The Labute approximate surface area is 127 Å². The van der Waals surface area contributed by atoms with Crippen LogP contribution in [0.15, 0.2) is 22.7 Å². The van der Waals surface area contributed by atoms with E-state index in [4.69, 9.17) is 22.1 Å². The van der Waals surface area contributed by atoms with Crippen molar-refractivity contribution in [2.24, 2.45) is 0 Å². The maximum atomic E-state index is 11.1. The average Bonchev–Trinajstić information content (AvgIpc) is 2.31. The number of aryl methyl sites for hydroxylation is 1. The summed E-state index contributed by atoms with van der Waals surface area (Å²) in [7, 11) is 0. The molecule has 0 amide bonds. The van der Waals surface area contributed by atoms with Gasteiger partial charge in [0.05, 0.1) is 9.40 Å². The third-order valence-corrected chi connectivity index (χ3v) is 3.18. The maximum Gasteiger partial charge on any atom is 0.352 e. The van der Waals surface area contributed by atoms with E-state index in [1.807, 2.05) is 0 Å². The number of benzene rings is 1. The minimum atomic E-state index is -0.617. The van der Waals surface area contributed by atoms with Crippen molar-refractivity contribution < 1.29 is 9.66 Å². The van der Waals surface area contributed by atoms with E-state index in [0.717, 1.165) is 0 Å². The molecule has 0 unspecified atom stereocenters. The molecule has 0 aliphatic rings. The number of aromatic nitrogens is 2. The molecule has 0 saturated heterocycles. The van der Waals surface area contributed by atoms with Crippen LogP contribution in [-0.4, -0.2) is 14.9 Å². The van der Waals surface area contributed by atoms with Crippen LogP contribution in [0.3, 0.4) is 0 Å². The Morgan fingerprint density at radius 1 is 1.45 bits per heavy atom. The normalized spacial score (nSPS) is 10.3. The second kappa shape index (κ2) is 5.59. The van der Waals surface area contributed by atoms with Gasteiger partial charge in [-0.3, -0.25) is 10.1 Å². The molecule has 7 nitrogen and oxygen atoms in total. The fourth-order valence-electron chi connectivity index (χ4n) is 1.51. The number of nitro groups is 1. The molecule has 0 fully saturated rings. The van der Waals surface area contributed by atoms with E-state index in [1.165, 1.54) is 6.92 Å². The first-order valence-corrected chi connectivity index (χ1v) is 6.47. The molecule has 2 N–H and O–H groups in total. The van der Waals surface area contributed by atoms with Gasteiger partial charge in [-0.05, 0) is 41.1 Å². The van der Waals surface area contributed by atoms with Gasteiger partial charge < -0.3 is 10.5 Å². The molecule has 2 rings (SSSR count). The number of rotatable bonds is 3. The number of nitrogens with two attached hydrogens (primary N) is 1. The zero-order valence-electron chi connectivity index (χ0n) is 10.1. The summed E-state index contributed by atoms with van der Waals surface area (Å²) in [6.45, 7) is 1.46. The second-order valence-corrected chi connectivity index (χ2v) is 5.05. The summed E-state index contributed by atoms with van der Waals surface area (Å²) in [5.41, 5.74) is 5.28. The smallest absolute Gasteiger partial charge is 0.352 e. The number of anilines is 1. The van der Waals surface area contributed by atoms with Crippen LogP contribution in [0.25, 0.3) is 0 Å². The zero-order valence-corrected chi connectivity index (χ0v) is 12.5. The largest absolute Gasteiger partial charge is 0.432 e. The molecule has 104 valence electrons. The molecule has 0 aliphatic heterocycles. The summed E-state index contributed by atoms with van der Waals surface area (Å²) in [6.07, 6.45) is 0. The molecule has 2 aromatic rings. The van der Waals surface area contributed by atoms with Gasteiger partial charge in [-0.15, -0.1) is 0 Å². The minimum absolute atomic E-state index is 0.104. The van der Waals surface area contributed by atoms with E-state index in [9.17, 15) is 10.1 Å². The number of nitrogens with zero attached hydrogens (tertiary/aromatic N) is 3. The number of nitrogen functional groups attached to an aromatic ring is 1. The summed E-state index contributed by atoms with van der Waals surface area (Å²) in [4.78, 5) is 17.9. The molecule has 0 bridgehead atoms. The summed E-state index contributed by atoms with van der Waals surface area (Å²) in [5.74, 6) is 0.00575. The average molecular weight is 360 g/mol. The van der Waals surface area contributed by atoms with Crippen molar-refractivity contribution in [1.29, 1.82) is 0 Å². The maximum absolute atomic E-state index is 11.1. The Kier molecular flexibility index (Phi) is 4.05. The van der Waals surface area contributed by atoms with Gasteiger partial charge in [0, 0.05) is 5.02 Å². The van der Waals surface area contributed by atoms with Crippen LogP contribution in [0, 0.1) is 17.0 Å². The van der Waals surface area contributed by atoms with Gasteiger partial charge in [0.2, 0.25) is 5.95 Å². The molecule has 1 heterocycles. The molecule has 0 saturated carbocycles. The van der Waals surface area contributed by atoms with Crippen molar-refractivity contribution >= 4 is 39.2 Å². The van der Waals surface area contributed by atoms with E-state index < -0.39 is 4.92 Å². The van der Waals surface area contributed by atoms with Crippen LogP contribution >= 0.6 is 27.5 Å². The Balaban J connectivity index is 2.50. The molecular formula is C11H8BrClN4O3. The lowest BCUT2D eigenvalue weighted by atomic mass is 10.3. The fourth-order valence-corrected chi connectivity index (χ4v) is 2.27. The third-order valence-electron chi connectivity index (χ3n) is 2.33. The van der Waals surface area contributed by atoms with Crippen molar-refractivity contribution in [1.82, 2.24) is 9.97 Å². The molecule has 20 heavy (non-hydrogen) atoms. The molecule has 0 aliphatic carbocycles. The molecule has 0 atom stereocenters. The second-order valence-electron chi connectivity index (χ2n) is 3.75. The van der Waals surface area contributed by atoms with Gasteiger partial charge in [-0.25, -0.2) is 4.98 Å². The Bertz CT molecular complexity index is 696. The lowest BCUT2D eigenvalue weighted by molar-refractivity contribution is -0.386. The lowest BCUT2D eigenvalue weighted by Gasteiger charge is -2.08. The molecular weight excluding hydrogens is 352 g/mol. The minimum Gasteiger partial charge on any atom is -0.432 e. The quantitative estimate of drug-likeness (QED) is 0.664. The van der Waals surface area contributed by atoms with Crippen LogP contribution in [0.1, 0.15) is 5.69 Å². The standard InChI is InChI=1S/C11H8BrClN4O3/c1-5-9(17(18)19)10(16-11(14)15-5)20-8-3-2-6(13)4-7(8)12/h2-4H,1H3,(H2,14,15,16). The van der Waals surface area contributed by atoms with Gasteiger partial charge in [0.25, 0.3) is 0 Å². The van der Waals surface area contributed by atoms with Crippen LogP contribution in [0.2, 0.25) is 5.02 Å². The first-order chi connectivity index (χ1) is 9.38. The summed E-state index contributed by atoms with van der Waals surface area (Å²) < 4.78 is 5.98. The molecule has 1 aromatic heterocycles. The Hall–Kier alpha value is -1.93. The first-order valence-electron chi connectivity index (χ1n) is 5.30. The Morgan fingerprint density at radius 2 is 2.15 bits per heavy atom. The highest BCUT2D eigenvalue weighted by molar-refractivity contribution is 9.10. The highest BCUT2D eigenvalue weighted by atomic mass is 79.9. The van der Waals surface area contributed by atoms with Gasteiger partial charge in [0.1, 0.15) is 11.4 Å². The third kappa shape index (κ3) is 2.97. The van der Waals surface area contributed by atoms with Crippen molar-refractivity contribution in [3.63, 3.8) is 0 Å². The van der Waals surface area contributed by atoms with E-state index in [-0.39, 0.29) is 23.2 Å². The van der Waals surface area contributed by atoms with Crippen LogP contribution < -0.4 is 10.5 Å². The lowest BCUT2D eigenvalue weighted by Crippen LogP contribution is -2.04. The molecule has 9 heteroatoms. The van der Waals surface area contributed by atoms with Crippen molar-refractivity contribution in [2.45, 2.75) is 6.92 Å². The Morgan fingerprint density at radius 3 is 2.75 bits per heavy atom. The van der Waals surface area contributed by atoms with Crippen molar-refractivity contribution in [3.05, 3.63) is 43.5 Å². The number of halogens is 2. The molecule has 0 spiro atoms. The highest BCUT2D eigenvalue weighted by Gasteiger charge is 2.24. The predicted molar refractivity (Wildman–Crippen MR) is 77.1 cm³/mol. The topological polar surface area (TPSA) is 104 Å². The van der Waals surface area contributed by atoms with Gasteiger partial charge in [0.15, 0.2) is 0 Å². The number of hydrogen-bond acceptors (Lipinski definition) is 6. The summed E-state index contributed by atoms with van der Waals surface area (Å²) in [5, 5.41) is 11.6. The zero-order chi connectivity index (χ0) is 14.9. The van der Waals surface area contributed by atoms with Crippen LogP contribution in [-0.2, 0) is 0 Å². The first kappa shape index (κ1) is 14.5. The molecule has 0 radical (unpaired) electrons. The fraction of sp³-hybridized carbons (Fsp3) is 0.0909. The van der Waals surface area contributed by atoms with Gasteiger partial charge >= 0.3 is 11.6 Å². The SMILES string of the molecule is Cc1nc(N)nc(Oc2ccc(Cl)cc2Br)c1[N+](=O)[O-]. The van der Waals surface area contributed by atoms with Gasteiger partial charge in [-0.1, -0.05) is 11.6 Å². The monoisotopic (exact) mass is 358 g/mol. The van der Waals surface area contributed by atoms with Crippen LogP contribution in [0.5, 0.6) is 11.6 Å². The van der Waals surface area contributed by atoms with Crippen molar-refractivity contribution in [2.75, 3.05) is 5.73 Å². The molecule has 1 aromatic carbocycles. The highest BCUT2D eigenvalue weighted by Crippen LogP contribution is 2.36. The van der Waals surface area contributed by atoms with E-state index >= 15 is 0 Å². The number of ether oxygens (including phenoxy) is 1. The van der Waals surface area contributed by atoms with Crippen LogP contribution in [0.4, 0.5) is 11.6 Å². The van der Waals surface area contributed by atoms with Crippen molar-refractivity contribution in [3.8, 4) is 11.6 Å². The van der Waals surface area contributed by atoms with E-state index in [0.29, 0.717) is 15.2 Å². The van der Waals surface area contributed by atoms with Gasteiger partial charge in [-0.2, -0.15) is 4.98 Å².